The van der Waals surface area contributed by atoms with Gasteiger partial charge in [0.15, 0.2) is 0 Å². The summed E-state index contributed by atoms with van der Waals surface area (Å²) < 4.78 is 0. The van der Waals surface area contributed by atoms with Crippen molar-refractivity contribution >= 4 is 11.9 Å². The molecule has 0 aromatic rings. The van der Waals surface area contributed by atoms with Crippen LogP contribution in [0.2, 0.25) is 0 Å². The van der Waals surface area contributed by atoms with Crippen LogP contribution in [0.4, 0.5) is 0 Å². The Hall–Kier alpha value is -1.06. The summed E-state index contributed by atoms with van der Waals surface area (Å²) in [6.45, 7) is 8.41. The van der Waals surface area contributed by atoms with Crippen molar-refractivity contribution in [3.8, 4) is 0 Å². The Bertz CT molecular complexity index is 445. The highest BCUT2D eigenvalue weighted by Crippen LogP contribution is 2.62. The minimum atomic E-state index is -1.13. The molecule has 0 saturated heterocycles. The first kappa shape index (κ1) is 25.0. The zero-order valence-electron chi connectivity index (χ0n) is 18.8. The Morgan fingerprint density at radius 1 is 0.714 bits per heavy atom. The van der Waals surface area contributed by atoms with Crippen molar-refractivity contribution in [1.82, 2.24) is 0 Å². The van der Waals surface area contributed by atoms with E-state index < -0.39 is 22.8 Å². The van der Waals surface area contributed by atoms with Crippen LogP contribution in [0.3, 0.4) is 0 Å². The van der Waals surface area contributed by atoms with E-state index >= 15 is 0 Å². The maximum atomic E-state index is 12.9. The van der Waals surface area contributed by atoms with Gasteiger partial charge in [0.1, 0.15) is 0 Å². The predicted molar refractivity (Wildman–Crippen MR) is 114 cm³/mol. The van der Waals surface area contributed by atoms with E-state index in [1.165, 1.54) is 0 Å². The second-order valence-electron chi connectivity index (χ2n) is 8.96. The zero-order chi connectivity index (χ0) is 21.2. The number of hydrogen-bond donors (Lipinski definition) is 2. The Balaban J connectivity index is 3.47. The van der Waals surface area contributed by atoms with Crippen molar-refractivity contribution in [2.75, 3.05) is 0 Å². The fourth-order valence-corrected chi connectivity index (χ4v) is 6.21. The van der Waals surface area contributed by atoms with Gasteiger partial charge in [-0.1, -0.05) is 91.9 Å². The van der Waals surface area contributed by atoms with Crippen molar-refractivity contribution < 1.29 is 19.8 Å². The van der Waals surface area contributed by atoms with Gasteiger partial charge in [-0.05, 0) is 37.5 Å². The third kappa shape index (κ3) is 4.74. The van der Waals surface area contributed by atoms with Crippen LogP contribution in [-0.2, 0) is 9.59 Å². The molecular weight excluding hydrogens is 352 g/mol. The predicted octanol–water partition coefficient (Wildman–Crippen LogP) is 6.92. The average molecular weight is 397 g/mol. The van der Waals surface area contributed by atoms with Gasteiger partial charge in [-0.2, -0.15) is 0 Å². The van der Waals surface area contributed by atoms with Crippen LogP contribution < -0.4 is 0 Å². The molecule has 1 aliphatic carbocycles. The molecule has 1 fully saturated rings. The minimum absolute atomic E-state index is 0.0619. The molecule has 164 valence electrons. The second kappa shape index (κ2) is 11.8. The topological polar surface area (TPSA) is 74.6 Å². The van der Waals surface area contributed by atoms with Crippen molar-refractivity contribution in [1.29, 1.82) is 0 Å². The van der Waals surface area contributed by atoms with Crippen LogP contribution in [-0.4, -0.2) is 22.2 Å². The van der Waals surface area contributed by atoms with Gasteiger partial charge < -0.3 is 10.2 Å². The number of aliphatic carboxylic acids is 2. The number of carboxylic acid groups (broad SMARTS) is 2. The number of carbonyl (C=O) groups is 2. The minimum Gasteiger partial charge on any atom is -0.481 e. The highest BCUT2D eigenvalue weighted by atomic mass is 16.4. The van der Waals surface area contributed by atoms with Gasteiger partial charge in [-0.3, -0.25) is 9.59 Å². The van der Waals surface area contributed by atoms with Crippen molar-refractivity contribution in [2.45, 2.75) is 118 Å². The molecular formula is C24H44O4. The lowest BCUT2D eigenvalue weighted by Crippen LogP contribution is -2.61. The molecule has 0 aromatic carbocycles. The quantitative estimate of drug-likeness (QED) is 0.313. The van der Waals surface area contributed by atoms with Gasteiger partial charge in [0.2, 0.25) is 0 Å². The van der Waals surface area contributed by atoms with E-state index in [0.29, 0.717) is 12.8 Å². The van der Waals surface area contributed by atoms with Crippen LogP contribution in [0.15, 0.2) is 0 Å². The Morgan fingerprint density at radius 2 is 1.07 bits per heavy atom. The zero-order valence-corrected chi connectivity index (χ0v) is 18.8. The SMILES string of the molecule is CCCCCC(CC)C1(C(=O)O)CCCCC1(C(=O)O)C(CC)CCCCC. The molecule has 4 nitrogen and oxygen atoms in total. The van der Waals surface area contributed by atoms with E-state index in [2.05, 4.69) is 27.7 Å². The molecule has 0 radical (unpaired) electrons. The summed E-state index contributed by atoms with van der Waals surface area (Å²) in [4.78, 5) is 25.8. The molecule has 4 unspecified atom stereocenters. The number of carboxylic acids is 2. The van der Waals surface area contributed by atoms with Gasteiger partial charge in [0, 0.05) is 0 Å². The van der Waals surface area contributed by atoms with E-state index in [4.69, 9.17) is 0 Å². The lowest BCUT2D eigenvalue weighted by Gasteiger charge is -2.55. The van der Waals surface area contributed by atoms with Crippen LogP contribution in [0.5, 0.6) is 0 Å². The molecule has 0 aliphatic heterocycles. The molecule has 1 rings (SSSR count). The van der Waals surface area contributed by atoms with Crippen LogP contribution in [0, 0.1) is 22.7 Å². The first-order valence-electron chi connectivity index (χ1n) is 11.9. The molecule has 2 N–H and O–H groups in total. The maximum Gasteiger partial charge on any atom is 0.311 e. The summed E-state index contributed by atoms with van der Waals surface area (Å²) in [6, 6.07) is 0. The van der Waals surface area contributed by atoms with Crippen molar-refractivity contribution in [3.05, 3.63) is 0 Å². The van der Waals surface area contributed by atoms with Gasteiger partial charge >= 0.3 is 11.9 Å². The van der Waals surface area contributed by atoms with Crippen LogP contribution in [0.25, 0.3) is 0 Å². The smallest absolute Gasteiger partial charge is 0.311 e. The highest BCUT2D eigenvalue weighted by molar-refractivity contribution is 5.87. The molecule has 28 heavy (non-hydrogen) atoms. The van der Waals surface area contributed by atoms with Gasteiger partial charge in [-0.15, -0.1) is 0 Å². The number of rotatable bonds is 14. The summed E-state index contributed by atoms with van der Waals surface area (Å²) in [6.07, 6.45) is 12.2. The maximum absolute atomic E-state index is 12.9. The Kier molecular flexibility index (Phi) is 10.5. The third-order valence-electron chi connectivity index (χ3n) is 7.64. The first-order valence-corrected chi connectivity index (χ1v) is 11.9. The molecule has 0 heterocycles. The largest absolute Gasteiger partial charge is 0.481 e. The Morgan fingerprint density at radius 3 is 1.32 bits per heavy atom. The van der Waals surface area contributed by atoms with E-state index in [9.17, 15) is 19.8 Å². The van der Waals surface area contributed by atoms with Crippen LogP contribution in [0.1, 0.15) is 118 Å². The average Bonchev–Trinajstić information content (AvgIpc) is 2.68. The molecule has 4 atom stereocenters. The number of unbranched alkanes of at least 4 members (excludes halogenated alkanes) is 4. The lowest BCUT2D eigenvalue weighted by atomic mass is 9.45. The van der Waals surface area contributed by atoms with Gasteiger partial charge in [0.05, 0.1) is 10.8 Å². The molecule has 1 aliphatic rings. The Labute approximate surface area is 172 Å². The van der Waals surface area contributed by atoms with Crippen LogP contribution >= 0.6 is 0 Å². The summed E-state index contributed by atoms with van der Waals surface area (Å²) >= 11 is 0. The van der Waals surface area contributed by atoms with Gasteiger partial charge in [0.25, 0.3) is 0 Å². The fourth-order valence-electron chi connectivity index (χ4n) is 6.21. The van der Waals surface area contributed by atoms with E-state index in [1.807, 2.05) is 0 Å². The lowest BCUT2D eigenvalue weighted by molar-refractivity contribution is -0.198. The molecule has 1 saturated carbocycles. The summed E-state index contributed by atoms with van der Waals surface area (Å²) in [5.74, 6) is -1.83. The fraction of sp³-hybridized carbons (Fsp3) is 0.917. The van der Waals surface area contributed by atoms with E-state index in [1.54, 1.807) is 0 Å². The molecule has 0 spiro atoms. The first-order chi connectivity index (χ1) is 13.4. The number of hydrogen-bond acceptors (Lipinski definition) is 2. The molecule has 0 bridgehead atoms. The summed E-state index contributed by atoms with van der Waals surface area (Å²) in [5.41, 5.74) is -2.26. The summed E-state index contributed by atoms with van der Waals surface area (Å²) in [5, 5.41) is 21.2. The highest BCUT2D eigenvalue weighted by Gasteiger charge is 2.67. The monoisotopic (exact) mass is 396 g/mol. The van der Waals surface area contributed by atoms with Crippen molar-refractivity contribution in [3.63, 3.8) is 0 Å². The second-order valence-corrected chi connectivity index (χ2v) is 8.96. The van der Waals surface area contributed by atoms with Gasteiger partial charge in [-0.25, -0.2) is 0 Å². The normalized spacial score (nSPS) is 27.3. The van der Waals surface area contributed by atoms with E-state index in [0.717, 1.165) is 77.0 Å². The summed E-state index contributed by atoms with van der Waals surface area (Å²) in [7, 11) is 0. The molecule has 4 heteroatoms. The standard InChI is InChI=1S/C24H44O4/c1-5-9-11-15-19(7-3)23(21(25)26)17-13-14-18-24(23,22(27)28)20(8-4)16-12-10-6-2/h19-20H,5-18H2,1-4H3,(H,25,26)(H,27,28). The molecule has 0 amide bonds. The van der Waals surface area contributed by atoms with Crippen molar-refractivity contribution in [2.24, 2.45) is 22.7 Å². The van der Waals surface area contributed by atoms with E-state index in [-0.39, 0.29) is 11.8 Å². The molecule has 0 aromatic heterocycles. The third-order valence-corrected chi connectivity index (χ3v) is 7.64.